The molecule has 0 bridgehead atoms. The SMILES string of the molecule is COC1C(O)[C@H](CO)O[C@@H]1n1cc(NC(=O)O)c(=O)[nH]c1=O. The predicted octanol–water partition coefficient (Wildman–Crippen LogP) is -2.11. The van der Waals surface area contributed by atoms with Gasteiger partial charge in [0.05, 0.1) is 6.61 Å². The van der Waals surface area contributed by atoms with Crippen molar-refractivity contribution in [3.63, 3.8) is 0 Å². The molecule has 1 amide bonds. The van der Waals surface area contributed by atoms with Gasteiger partial charge >= 0.3 is 11.8 Å². The second-order valence-electron chi connectivity index (χ2n) is 4.58. The molecule has 0 radical (unpaired) electrons. The van der Waals surface area contributed by atoms with E-state index in [4.69, 9.17) is 19.7 Å². The Morgan fingerprint density at radius 2 is 2.23 bits per heavy atom. The number of carboxylic acid groups (broad SMARTS) is 1. The van der Waals surface area contributed by atoms with E-state index >= 15 is 0 Å². The molecule has 0 spiro atoms. The van der Waals surface area contributed by atoms with Crippen LogP contribution in [-0.2, 0) is 9.47 Å². The number of aliphatic hydroxyl groups is 2. The minimum atomic E-state index is -1.49. The molecule has 5 N–H and O–H groups in total. The number of anilines is 1. The molecule has 1 aromatic heterocycles. The highest BCUT2D eigenvalue weighted by molar-refractivity contribution is 5.82. The van der Waals surface area contributed by atoms with Crippen LogP contribution >= 0.6 is 0 Å². The molecular formula is C11H15N3O8. The van der Waals surface area contributed by atoms with Gasteiger partial charge in [-0.2, -0.15) is 0 Å². The molecule has 11 heteroatoms. The van der Waals surface area contributed by atoms with Crippen LogP contribution in [0.15, 0.2) is 15.8 Å². The van der Waals surface area contributed by atoms with E-state index in [1.165, 1.54) is 7.11 Å². The van der Waals surface area contributed by atoms with Crippen molar-refractivity contribution < 1.29 is 29.6 Å². The summed E-state index contributed by atoms with van der Waals surface area (Å²) in [5.41, 5.74) is -2.19. The molecule has 1 aromatic rings. The van der Waals surface area contributed by atoms with Gasteiger partial charge in [-0.25, -0.2) is 9.59 Å². The second kappa shape index (κ2) is 6.27. The Bertz CT molecular complexity index is 668. The number of amides is 1. The summed E-state index contributed by atoms with van der Waals surface area (Å²) in [5, 5.41) is 29.6. The normalized spacial score (nSPS) is 27.8. The van der Waals surface area contributed by atoms with E-state index in [1.807, 2.05) is 10.3 Å². The molecule has 1 fully saturated rings. The van der Waals surface area contributed by atoms with Crippen molar-refractivity contribution in [2.75, 3.05) is 19.0 Å². The van der Waals surface area contributed by atoms with Crippen LogP contribution < -0.4 is 16.6 Å². The third-order valence-electron chi connectivity index (χ3n) is 3.25. The van der Waals surface area contributed by atoms with Crippen molar-refractivity contribution in [1.82, 2.24) is 9.55 Å². The van der Waals surface area contributed by atoms with Crippen molar-refractivity contribution in [3.8, 4) is 0 Å². The number of nitrogens with zero attached hydrogens (tertiary/aromatic N) is 1. The van der Waals surface area contributed by atoms with Crippen LogP contribution in [-0.4, -0.2) is 63.0 Å². The molecule has 11 nitrogen and oxygen atoms in total. The number of nitrogens with one attached hydrogen (secondary N) is 2. The van der Waals surface area contributed by atoms with E-state index in [9.17, 15) is 19.5 Å². The highest BCUT2D eigenvalue weighted by Crippen LogP contribution is 2.30. The molecule has 1 aliphatic heterocycles. The number of rotatable bonds is 4. The van der Waals surface area contributed by atoms with Crippen LogP contribution in [0.25, 0.3) is 0 Å². The van der Waals surface area contributed by atoms with Gasteiger partial charge in [0.25, 0.3) is 5.56 Å². The lowest BCUT2D eigenvalue weighted by atomic mass is 10.1. The molecule has 4 atom stereocenters. The van der Waals surface area contributed by atoms with Gasteiger partial charge in [-0.15, -0.1) is 0 Å². The number of hydrogen-bond acceptors (Lipinski definition) is 7. The fourth-order valence-corrected chi connectivity index (χ4v) is 2.23. The number of ether oxygens (including phenoxy) is 2. The molecule has 1 aliphatic rings. The van der Waals surface area contributed by atoms with E-state index < -0.39 is 54.2 Å². The number of carbonyl (C=O) groups is 1. The largest absolute Gasteiger partial charge is 0.465 e. The van der Waals surface area contributed by atoms with Crippen LogP contribution in [0.2, 0.25) is 0 Å². The second-order valence-corrected chi connectivity index (χ2v) is 4.58. The van der Waals surface area contributed by atoms with E-state index in [0.717, 1.165) is 10.8 Å². The number of aromatic nitrogens is 2. The Labute approximate surface area is 122 Å². The summed E-state index contributed by atoms with van der Waals surface area (Å²) >= 11 is 0. The molecule has 2 unspecified atom stereocenters. The predicted molar refractivity (Wildman–Crippen MR) is 70.8 cm³/mol. The first kappa shape index (κ1) is 16.2. The van der Waals surface area contributed by atoms with Gasteiger partial charge in [-0.05, 0) is 0 Å². The van der Waals surface area contributed by atoms with E-state index in [2.05, 4.69) is 0 Å². The number of aromatic amines is 1. The first-order chi connectivity index (χ1) is 10.4. The minimum Gasteiger partial charge on any atom is -0.465 e. The molecule has 2 rings (SSSR count). The summed E-state index contributed by atoms with van der Waals surface area (Å²) in [7, 11) is 1.27. The first-order valence-corrected chi connectivity index (χ1v) is 6.21. The van der Waals surface area contributed by atoms with Gasteiger partial charge in [0.2, 0.25) is 0 Å². The lowest BCUT2D eigenvalue weighted by Crippen LogP contribution is -2.39. The van der Waals surface area contributed by atoms with E-state index in [-0.39, 0.29) is 0 Å². The van der Waals surface area contributed by atoms with Gasteiger partial charge in [-0.3, -0.25) is 19.7 Å². The lowest BCUT2D eigenvalue weighted by Gasteiger charge is -2.20. The highest BCUT2D eigenvalue weighted by atomic mass is 16.6. The van der Waals surface area contributed by atoms with Crippen LogP contribution in [0.4, 0.5) is 10.5 Å². The zero-order valence-corrected chi connectivity index (χ0v) is 11.4. The zero-order valence-electron chi connectivity index (χ0n) is 11.4. The summed E-state index contributed by atoms with van der Waals surface area (Å²) in [4.78, 5) is 36.0. The molecule has 0 saturated carbocycles. The number of aliphatic hydroxyl groups excluding tert-OH is 2. The topological polar surface area (TPSA) is 163 Å². The average Bonchev–Trinajstić information content (AvgIpc) is 2.77. The highest BCUT2D eigenvalue weighted by Gasteiger charge is 2.45. The van der Waals surface area contributed by atoms with Crippen molar-refractivity contribution in [3.05, 3.63) is 27.0 Å². The van der Waals surface area contributed by atoms with E-state index in [0.29, 0.717) is 0 Å². The first-order valence-electron chi connectivity index (χ1n) is 6.21. The number of hydrogen-bond donors (Lipinski definition) is 5. The zero-order chi connectivity index (χ0) is 16.4. The Balaban J connectivity index is 2.45. The lowest BCUT2D eigenvalue weighted by molar-refractivity contribution is -0.0624. The number of H-pyrrole nitrogens is 1. The summed E-state index contributed by atoms with van der Waals surface area (Å²) in [6.07, 6.45) is -4.86. The van der Waals surface area contributed by atoms with Crippen LogP contribution in [0.1, 0.15) is 6.23 Å². The maximum atomic E-state index is 11.9. The van der Waals surface area contributed by atoms with Crippen molar-refractivity contribution in [1.29, 1.82) is 0 Å². The smallest absolute Gasteiger partial charge is 0.409 e. The van der Waals surface area contributed by atoms with Gasteiger partial charge in [0, 0.05) is 13.3 Å². The van der Waals surface area contributed by atoms with Gasteiger partial charge in [0.1, 0.15) is 24.0 Å². The van der Waals surface area contributed by atoms with Crippen molar-refractivity contribution in [2.45, 2.75) is 24.5 Å². The summed E-state index contributed by atoms with van der Waals surface area (Å²) in [5.74, 6) is 0. The third kappa shape index (κ3) is 2.87. The van der Waals surface area contributed by atoms with Crippen LogP contribution in [0.3, 0.4) is 0 Å². The minimum absolute atomic E-state index is 0.396. The number of methoxy groups -OCH3 is 1. The Morgan fingerprint density at radius 3 is 2.77 bits per heavy atom. The average molecular weight is 317 g/mol. The van der Waals surface area contributed by atoms with Gasteiger partial charge in [0.15, 0.2) is 6.23 Å². The molecule has 0 aliphatic carbocycles. The Morgan fingerprint density at radius 1 is 1.55 bits per heavy atom. The fourth-order valence-electron chi connectivity index (χ4n) is 2.23. The molecule has 0 aromatic carbocycles. The quantitative estimate of drug-likeness (QED) is 0.421. The maximum absolute atomic E-state index is 11.9. The molecule has 1 saturated heterocycles. The maximum Gasteiger partial charge on any atom is 0.409 e. The van der Waals surface area contributed by atoms with Crippen molar-refractivity contribution >= 4 is 11.8 Å². The molecule has 122 valence electrons. The molecular weight excluding hydrogens is 302 g/mol. The fraction of sp³-hybridized carbons (Fsp3) is 0.545. The van der Waals surface area contributed by atoms with Gasteiger partial charge < -0.3 is 24.8 Å². The summed E-state index contributed by atoms with van der Waals surface area (Å²) in [6, 6.07) is 0. The van der Waals surface area contributed by atoms with Crippen molar-refractivity contribution in [2.24, 2.45) is 0 Å². The third-order valence-corrected chi connectivity index (χ3v) is 3.25. The monoisotopic (exact) mass is 317 g/mol. The standard InChI is InChI=1S/C11H15N3O8/c1-21-7-6(16)5(3-15)22-9(7)14-2-4(12-11(19)20)8(17)13-10(14)18/h2,5-7,9,12,15-16H,3H2,1H3,(H,19,20)(H,13,17,18)/t5-,6?,7?,9-/m0/s1. The van der Waals surface area contributed by atoms with Crippen LogP contribution in [0, 0.1) is 0 Å². The summed E-state index contributed by atoms with van der Waals surface area (Å²) in [6.45, 7) is -0.504. The molecule has 2 heterocycles. The van der Waals surface area contributed by atoms with Gasteiger partial charge in [-0.1, -0.05) is 0 Å². The Hall–Kier alpha value is -2.21. The molecule has 22 heavy (non-hydrogen) atoms. The van der Waals surface area contributed by atoms with Crippen LogP contribution in [0.5, 0.6) is 0 Å². The Kier molecular flexibility index (Phi) is 4.61. The summed E-state index contributed by atoms with van der Waals surface area (Å²) < 4.78 is 11.3. The van der Waals surface area contributed by atoms with E-state index in [1.54, 1.807) is 0 Å².